The van der Waals surface area contributed by atoms with E-state index in [1.165, 1.54) is 10.5 Å². The summed E-state index contributed by atoms with van der Waals surface area (Å²) in [4.78, 5) is 48.0. The van der Waals surface area contributed by atoms with Crippen LogP contribution in [0.5, 0.6) is 0 Å². The number of benzene rings is 3. The molecule has 3 heterocycles. The molecule has 210 valence electrons. The van der Waals surface area contributed by atoms with Crippen molar-refractivity contribution in [3.05, 3.63) is 101 Å². The van der Waals surface area contributed by atoms with Gasteiger partial charge >= 0.3 is 6.03 Å². The molecule has 0 saturated carbocycles. The van der Waals surface area contributed by atoms with E-state index in [0.29, 0.717) is 37.6 Å². The molecule has 41 heavy (non-hydrogen) atoms. The molecule has 6 rings (SSSR count). The number of hydrogen-bond acceptors (Lipinski definition) is 4. The van der Waals surface area contributed by atoms with Gasteiger partial charge in [0.25, 0.3) is 11.8 Å². The Morgan fingerprint density at radius 2 is 1.76 bits per heavy atom. The summed E-state index contributed by atoms with van der Waals surface area (Å²) in [6.07, 6.45) is 1.05. The highest BCUT2D eigenvalue weighted by Crippen LogP contribution is 2.45. The van der Waals surface area contributed by atoms with Gasteiger partial charge in [-0.3, -0.25) is 14.5 Å². The van der Waals surface area contributed by atoms with Crippen LogP contribution in [0.2, 0.25) is 0 Å². The molecule has 4 amide bonds. The van der Waals surface area contributed by atoms with Crippen molar-refractivity contribution in [3.8, 4) is 0 Å². The van der Waals surface area contributed by atoms with E-state index >= 15 is 0 Å². The smallest absolute Gasteiger partial charge is 0.332 e. The minimum absolute atomic E-state index is 0.285. The topological polar surface area (TPSA) is 94.7 Å². The molecule has 0 bridgehead atoms. The van der Waals surface area contributed by atoms with Gasteiger partial charge in [-0.2, -0.15) is 0 Å². The summed E-state index contributed by atoms with van der Waals surface area (Å²) in [5, 5.41) is 3.94. The number of anilines is 1. The Bertz CT molecular complexity index is 1620. The van der Waals surface area contributed by atoms with E-state index in [0.717, 1.165) is 27.7 Å². The molecule has 2 atom stereocenters. The monoisotopic (exact) mass is 550 g/mol. The number of para-hydroxylation sites is 2. The molecule has 2 aliphatic rings. The third kappa shape index (κ3) is 4.58. The standard InChI is InChI=1S/C33H34N4O4/c1-20(2)21-13-15-22(16-14-21)30-29-25(23-9-4-6-11-26(23)35-29)19-28-32(39)37(33(40)36(28)30)27-12-7-5-10-24(27)31(38)34-17-8-18-41-3/h4-7,9-16,20,28,30,35H,8,17-19H2,1-3H3,(H,34,38)/t28-,30?/m0/s1. The number of methoxy groups -OCH3 is 1. The molecule has 1 unspecified atom stereocenters. The van der Waals surface area contributed by atoms with Crippen molar-refractivity contribution in [2.75, 3.05) is 25.2 Å². The Balaban J connectivity index is 1.42. The molecule has 4 aromatic rings. The summed E-state index contributed by atoms with van der Waals surface area (Å²) in [6, 6.07) is 21.5. The number of ether oxygens (including phenoxy) is 1. The highest BCUT2D eigenvalue weighted by Gasteiger charge is 2.53. The minimum Gasteiger partial charge on any atom is -0.385 e. The Labute approximate surface area is 239 Å². The molecule has 2 aliphatic heterocycles. The summed E-state index contributed by atoms with van der Waals surface area (Å²) < 4.78 is 5.07. The zero-order chi connectivity index (χ0) is 28.7. The summed E-state index contributed by atoms with van der Waals surface area (Å²) in [5.41, 5.74) is 5.67. The average Bonchev–Trinajstić information content (AvgIpc) is 3.48. The number of hydrogen-bond donors (Lipinski definition) is 2. The molecule has 1 aromatic heterocycles. The molecule has 2 N–H and O–H groups in total. The Morgan fingerprint density at radius 1 is 1.02 bits per heavy atom. The van der Waals surface area contributed by atoms with E-state index in [1.54, 1.807) is 36.3 Å². The normalized spacial score (nSPS) is 18.2. The predicted molar refractivity (Wildman–Crippen MR) is 158 cm³/mol. The van der Waals surface area contributed by atoms with Crippen LogP contribution in [-0.2, 0) is 16.0 Å². The number of aromatic nitrogens is 1. The lowest BCUT2D eigenvalue weighted by molar-refractivity contribution is -0.120. The molecule has 8 heteroatoms. The van der Waals surface area contributed by atoms with Crippen molar-refractivity contribution in [1.82, 2.24) is 15.2 Å². The van der Waals surface area contributed by atoms with E-state index in [4.69, 9.17) is 4.74 Å². The van der Waals surface area contributed by atoms with Crippen molar-refractivity contribution in [1.29, 1.82) is 0 Å². The molecule has 0 aliphatic carbocycles. The third-order valence-corrected chi connectivity index (χ3v) is 8.17. The van der Waals surface area contributed by atoms with E-state index in [-0.39, 0.29) is 17.4 Å². The first-order valence-electron chi connectivity index (χ1n) is 14.1. The van der Waals surface area contributed by atoms with Gasteiger partial charge in [0.2, 0.25) is 0 Å². The Hall–Kier alpha value is -4.43. The molecule has 8 nitrogen and oxygen atoms in total. The summed E-state index contributed by atoms with van der Waals surface area (Å²) in [5.74, 6) is -0.289. The van der Waals surface area contributed by atoms with Gasteiger partial charge in [0.15, 0.2) is 0 Å². The van der Waals surface area contributed by atoms with Crippen molar-refractivity contribution >= 4 is 34.4 Å². The first kappa shape index (κ1) is 26.8. The second-order valence-electron chi connectivity index (χ2n) is 11.0. The fraction of sp³-hybridized carbons (Fsp3) is 0.303. The number of aromatic amines is 1. The van der Waals surface area contributed by atoms with E-state index in [2.05, 4.69) is 54.5 Å². The van der Waals surface area contributed by atoms with Crippen LogP contribution in [0, 0.1) is 0 Å². The number of nitrogens with zero attached hydrogens (tertiary/aromatic N) is 2. The van der Waals surface area contributed by atoms with Crippen LogP contribution in [0.1, 0.15) is 65.0 Å². The van der Waals surface area contributed by atoms with Crippen LogP contribution in [-0.4, -0.2) is 54.0 Å². The third-order valence-electron chi connectivity index (χ3n) is 8.17. The molecule has 0 radical (unpaired) electrons. The van der Waals surface area contributed by atoms with Gasteiger partial charge in [0.05, 0.1) is 11.3 Å². The first-order chi connectivity index (χ1) is 19.9. The fourth-order valence-corrected chi connectivity index (χ4v) is 6.08. The van der Waals surface area contributed by atoms with Crippen LogP contribution in [0.4, 0.5) is 10.5 Å². The van der Waals surface area contributed by atoms with Crippen molar-refractivity contribution in [3.63, 3.8) is 0 Å². The number of nitrogens with one attached hydrogen (secondary N) is 2. The molecule has 3 aromatic carbocycles. The SMILES string of the molecule is COCCCNC(=O)c1ccccc1N1C(=O)[C@@H]2Cc3c([nH]c4ccccc34)C(c3ccc(C(C)C)cc3)N2C1=O. The summed E-state index contributed by atoms with van der Waals surface area (Å²) in [6.45, 7) is 5.24. The van der Waals surface area contributed by atoms with Gasteiger partial charge < -0.3 is 15.0 Å². The van der Waals surface area contributed by atoms with Gasteiger partial charge in [-0.25, -0.2) is 9.69 Å². The largest absolute Gasteiger partial charge is 0.385 e. The maximum Gasteiger partial charge on any atom is 0.332 e. The van der Waals surface area contributed by atoms with Gasteiger partial charge in [0, 0.05) is 43.3 Å². The lowest BCUT2D eigenvalue weighted by atomic mass is 9.88. The molecule has 1 fully saturated rings. The highest BCUT2D eigenvalue weighted by molar-refractivity contribution is 6.24. The van der Waals surface area contributed by atoms with Crippen LogP contribution in [0.15, 0.2) is 72.8 Å². The molecule has 1 saturated heterocycles. The second-order valence-corrected chi connectivity index (χ2v) is 11.0. The zero-order valence-corrected chi connectivity index (χ0v) is 23.5. The predicted octanol–water partition coefficient (Wildman–Crippen LogP) is 5.54. The van der Waals surface area contributed by atoms with E-state index in [9.17, 15) is 14.4 Å². The van der Waals surface area contributed by atoms with Gasteiger partial charge in [-0.05, 0) is 47.2 Å². The van der Waals surface area contributed by atoms with Crippen LogP contribution in [0.3, 0.4) is 0 Å². The minimum atomic E-state index is -0.693. The highest BCUT2D eigenvalue weighted by atomic mass is 16.5. The van der Waals surface area contributed by atoms with Gasteiger partial charge in [0.1, 0.15) is 12.1 Å². The molecular weight excluding hydrogens is 516 g/mol. The van der Waals surface area contributed by atoms with Crippen molar-refractivity contribution < 1.29 is 19.1 Å². The lowest BCUT2D eigenvalue weighted by Crippen LogP contribution is -2.44. The van der Waals surface area contributed by atoms with Crippen molar-refractivity contribution in [2.45, 2.75) is 44.7 Å². The maximum atomic E-state index is 14.3. The summed E-state index contributed by atoms with van der Waals surface area (Å²) >= 11 is 0. The number of urea groups is 1. The Morgan fingerprint density at radius 3 is 2.51 bits per heavy atom. The van der Waals surface area contributed by atoms with Crippen LogP contribution >= 0.6 is 0 Å². The first-order valence-corrected chi connectivity index (χ1v) is 14.1. The van der Waals surface area contributed by atoms with E-state index in [1.807, 2.05) is 18.2 Å². The number of carbonyl (C=O) groups is 3. The number of amides is 4. The van der Waals surface area contributed by atoms with Gasteiger partial charge in [-0.1, -0.05) is 68.4 Å². The average molecular weight is 551 g/mol. The zero-order valence-electron chi connectivity index (χ0n) is 23.5. The maximum absolute atomic E-state index is 14.3. The fourth-order valence-electron chi connectivity index (χ4n) is 6.08. The second kappa shape index (κ2) is 10.9. The lowest BCUT2D eigenvalue weighted by Gasteiger charge is -2.36. The van der Waals surface area contributed by atoms with Crippen LogP contribution in [0.25, 0.3) is 10.9 Å². The van der Waals surface area contributed by atoms with E-state index < -0.39 is 18.1 Å². The summed E-state index contributed by atoms with van der Waals surface area (Å²) in [7, 11) is 1.61. The number of H-pyrrole nitrogens is 1. The van der Waals surface area contributed by atoms with Crippen LogP contribution < -0.4 is 10.2 Å². The van der Waals surface area contributed by atoms with Crippen molar-refractivity contribution in [2.24, 2.45) is 0 Å². The molecule has 0 spiro atoms. The number of rotatable bonds is 8. The number of fused-ring (bicyclic) bond motifs is 4. The molecular formula is C33H34N4O4. The number of imide groups is 1. The Kier molecular flexibility index (Phi) is 7.09. The number of carbonyl (C=O) groups excluding carboxylic acids is 3. The quantitative estimate of drug-likeness (QED) is 0.222. The van der Waals surface area contributed by atoms with Gasteiger partial charge in [-0.15, -0.1) is 0 Å².